The topological polar surface area (TPSA) is 3.24 Å². The van der Waals surface area contributed by atoms with E-state index in [9.17, 15) is 13.2 Å². The molecule has 5 heteroatoms. The molecule has 4 aromatic rings. The SMILES string of the molecule is CC(C)c1ccc(N(C)c2cccc3c2sc2c(C(F)(F)F)cccc23)cc1. The monoisotopic (exact) mass is 399 g/mol. The maximum Gasteiger partial charge on any atom is 0.417 e. The summed E-state index contributed by atoms with van der Waals surface area (Å²) in [5.74, 6) is 0.450. The summed E-state index contributed by atoms with van der Waals surface area (Å²) < 4.78 is 41.6. The molecule has 28 heavy (non-hydrogen) atoms. The molecule has 0 atom stereocenters. The smallest absolute Gasteiger partial charge is 0.343 e. The lowest BCUT2D eigenvalue weighted by molar-refractivity contribution is -0.136. The first kappa shape index (κ1) is 18.8. The number of anilines is 2. The van der Waals surface area contributed by atoms with E-state index in [2.05, 4.69) is 38.1 Å². The van der Waals surface area contributed by atoms with E-state index in [4.69, 9.17) is 0 Å². The highest BCUT2D eigenvalue weighted by Gasteiger charge is 2.33. The van der Waals surface area contributed by atoms with Crippen LogP contribution in [-0.2, 0) is 6.18 Å². The lowest BCUT2D eigenvalue weighted by Crippen LogP contribution is -2.09. The summed E-state index contributed by atoms with van der Waals surface area (Å²) in [6.45, 7) is 4.30. The van der Waals surface area contributed by atoms with Gasteiger partial charge in [0.1, 0.15) is 0 Å². The minimum Gasteiger partial charge on any atom is -0.343 e. The van der Waals surface area contributed by atoms with Crippen LogP contribution in [0.5, 0.6) is 0 Å². The molecule has 0 radical (unpaired) electrons. The van der Waals surface area contributed by atoms with E-state index in [1.54, 1.807) is 6.07 Å². The van der Waals surface area contributed by atoms with Gasteiger partial charge in [-0.25, -0.2) is 0 Å². The molecule has 0 N–H and O–H groups in total. The van der Waals surface area contributed by atoms with E-state index in [0.717, 1.165) is 27.5 Å². The number of halogens is 3. The number of hydrogen-bond acceptors (Lipinski definition) is 2. The van der Waals surface area contributed by atoms with Crippen molar-refractivity contribution in [2.45, 2.75) is 25.9 Å². The van der Waals surface area contributed by atoms with Crippen molar-refractivity contribution < 1.29 is 13.2 Å². The summed E-state index contributed by atoms with van der Waals surface area (Å²) in [6.07, 6.45) is -4.36. The highest BCUT2D eigenvalue weighted by molar-refractivity contribution is 7.26. The minimum absolute atomic E-state index is 0.293. The van der Waals surface area contributed by atoms with Crippen molar-refractivity contribution in [1.82, 2.24) is 0 Å². The molecule has 3 aromatic carbocycles. The number of fused-ring (bicyclic) bond motifs is 3. The van der Waals surface area contributed by atoms with Crippen LogP contribution in [0.2, 0.25) is 0 Å². The van der Waals surface area contributed by atoms with Gasteiger partial charge in [-0.2, -0.15) is 13.2 Å². The maximum absolute atomic E-state index is 13.5. The predicted molar refractivity (Wildman–Crippen MR) is 113 cm³/mol. The van der Waals surface area contributed by atoms with Gasteiger partial charge in [0.2, 0.25) is 0 Å². The molecule has 0 fully saturated rings. The van der Waals surface area contributed by atoms with Crippen LogP contribution in [0.1, 0.15) is 30.9 Å². The third kappa shape index (κ3) is 3.14. The number of hydrogen-bond donors (Lipinski definition) is 0. The van der Waals surface area contributed by atoms with Crippen molar-refractivity contribution in [1.29, 1.82) is 0 Å². The molecule has 4 rings (SSSR count). The number of nitrogens with zero attached hydrogens (tertiary/aromatic N) is 1. The Bertz CT molecular complexity index is 1140. The summed E-state index contributed by atoms with van der Waals surface area (Å²) in [5.41, 5.74) is 2.60. The Hall–Kier alpha value is -2.53. The average Bonchev–Trinajstić information content (AvgIpc) is 3.05. The molecule has 1 nitrogen and oxygen atoms in total. The fourth-order valence-electron chi connectivity index (χ4n) is 3.51. The zero-order chi connectivity index (χ0) is 20.1. The van der Waals surface area contributed by atoms with Gasteiger partial charge in [0, 0.05) is 28.2 Å². The molecule has 0 bridgehead atoms. The second-order valence-electron chi connectivity index (χ2n) is 7.24. The zero-order valence-corrected chi connectivity index (χ0v) is 16.7. The van der Waals surface area contributed by atoms with Crippen molar-refractivity contribution in [2.24, 2.45) is 0 Å². The third-order valence-corrected chi connectivity index (χ3v) is 6.39. The average molecular weight is 399 g/mol. The van der Waals surface area contributed by atoms with Gasteiger partial charge in [-0.3, -0.25) is 0 Å². The van der Waals surface area contributed by atoms with Crippen LogP contribution in [0.15, 0.2) is 60.7 Å². The zero-order valence-electron chi connectivity index (χ0n) is 15.8. The van der Waals surface area contributed by atoms with Crippen LogP contribution in [-0.4, -0.2) is 7.05 Å². The molecule has 0 spiro atoms. The molecular weight excluding hydrogens is 379 g/mol. The van der Waals surface area contributed by atoms with E-state index in [-0.39, 0.29) is 0 Å². The standard InChI is InChI=1S/C23H20F3NS/c1-14(2)15-10-12-16(13-11-15)27(3)20-9-5-7-18-17-6-4-8-19(23(24,25)26)21(17)28-22(18)20/h4-14H,1-3H3. The van der Waals surface area contributed by atoms with Gasteiger partial charge in [-0.15, -0.1) is 11.3 Å². The minimum atomic E-state index is -4.36. The molecule has 1 aromatic heterocycles. The van der Waals surface area contributed by atoms with Crippen LogP contribution in [0, 0.1) is 0 Å². The van der Waals surface area contributed by atoms with E-state index in [0.29, 0.717) is 16.0 Å². The summed E-state index contributed by atoms with van der Waals surface area (Å²) in [4.78, 5) is 2.04. The first-order valence-corrected chi connectivity index (χ1v) is 9.94. The quantitative estimate of drug-likeness (QED) is 0.338. The highest BCUT2D eigenvalue weighted by atomic mass is 32.1. The van der Waals surface area contributed by atoms with Crippen molar-refractivity contribution >= 4 is 42.9 Å². The van der Waals surface area contributed by atoms with Gasteiger partial charge in [0.25, 0.3) is 0 Å². The Kier molecular flexibility index (Phi) is 4.58. The summed E-state index contributed by atoms with van der Waals surface area (Å²) in [6, 6.07) is 18.5. The molecule has 0 amide bonds. The summed E-state index contributed by atoms with van der Waals surface area (Å²) >= 11 is 1.21. The molecule has 0 aliphatic carbocycles. The van der Waals surface area contributed by atoms with E-state index >= 15 is 0 Å². The van der Waals surface area contributed by atoms with Crippen molar-refractivity contribution in [3.8, 4) is 0 Å². The number of benzene rings is 3. The molecule has 144 valence electrons. The number of alkyl halides is 3. The Morgan fingerprint density at radius 1 is 0.821 bits per heavy atom. The summed E-state index contributed by atoms with van der Waals surface area (Å²) in [5, 5.41) is 1.51. The molecule has 0 saturated heterocycles. The molecule has 0 aliphatic rings. The van der Waals surface area contributed by atoms with Gasteiger partial charge in [-0.05, 0) is 35.7 Å². The molecule has 0 aliphatic heterocycles. The first-order chi connectivity index (χ1) is 13.3. The Morgan fingerprint density at radius 3 is 2.04 bits per heavy atom. The third-order valence-electron chi connectivity index (χ3n) is 5.12. The fraction of sp³-hybridized carbons (Fsp3) is 0.217. The van der Waals surface area contributed by atoms with Crippen LogP contribution in [0.3, 0.4) is 0 Å². The van der Waals surface area contributed by atoms with E-state index < -0.39 is 11.7 Å². The second-order valence-corrected chi connectivity index (χ2v) is 8.26. The van der Waals surface area contributed by atoms with Crippen molar-refractivity contribution in [3.05, 3.63) is 71.8 Å². The molecule has 1 heterocycles. The van der Waals surface area contributed by atoms with Gasteiger partial charge in [0.15, 0.2) is 0 Å². The summed E-state index contributed by atoms with van der Waals surface area (Å²) in [7, 11) is 1.95. The lowest BCUT2D eigenvalue weighted by Gasteiger charge is -2.21. The van der Waals surface area contributed by atoms with Gasteiger partial charge in [-0.1, -0.05) is 50.2 Å². The van der Waals surface area contributed by atoms with Crippen molar-refractivity contribution in [3.63, 3.8) is 0 Å². The van der Waals surface area contributed by atoms with E-state index in [1.807, 2.05) is 30.1 Å². The maximum atomic E-state index is 13.5. The van der Waals surface area contributed by atoms with Gasteiger partial charge >= 0.3 is 6.18 Å². The molecule has 0 saturated carbocycles. The van der Waals surface area contributed by atoms with E-state index in [1.165, 1.54) is 23.0 Å². The van der Waals surface area contributed by atoms with Crippen LogP contribution in [0.25, 0.3) is 20.2 Å². The first-order valence-electron chi connectivity index (χ1n) is 9.12. The van der Waals surface area contributed by atoms with Gasteiger partial charge < -0.3 is 4.90 Å². The normalized spacial score (nSPS) is 12.2. The lowest BCUT2D eigenvalue weighted by atomic mass is 10.0. The molecular formula is C23H20F3NS. The number of rotatable bonds is 3. The fourth-order valence-corrected chi connectivity index (χ4v) is 4.90. The Morgan fingerprint density at radius 2 is 1.43 bits per heavy atom. The van der Waals surface area contributed by atoms with Crippen LogP contribution < -0.4 is 4.90 Å². The van der Waals surface area contributed by atoms with Crippen molar-refractivity contribution in [2.75, 3.05) is 11.9 Å². The Labute approximate surface area is 166 Å². The predicted octanol–water partition coefficient (Wildman–Crippen LogP) is 7.96. The largest absolute Gasteiger partial charge is 0.417 e. The van der Waals surface area contributed by atoms with Crippen LogP contribution >= 0.6 is 11.3 Å². The second kappa shape index (κ2) is 6.82. The Balaban J connectivity index is 1.88. The highest BCUT2D eigenvalue weighted by Crippen LogP contribution is 2.45. The van der Waals surface area contributed by atoms with Gasteiger partial charge in [0.05, 0.1) is 16.0 Å². The molecule has 0 unspecified atom stereocenters. The number of thiophene rings is 1. The van der Waals surface area contributed by atoms with Crippen LogP contribution in [0.4, 0.5) is 24.5 Å².